The molecule has 0 atom stereocenters. The van der Waals surface area contributed by atoms with Gasteiger partial charge >= 0.3 is 0 Å². The average molecular weight is 370 g/mol. The van der Waals surface area contributed by atoms with Crippen molar-refractivity contribution in [2.75, 3.05) is 30.4 Å². The maximum Gasteiger partial charge on any atom is 0.236 e. The Balaban J connectivity index is 1.72. The van der Waals surface area contributed by atoms with E-state index in [-0.39, 0.29) is 11.4 Å². The molecule has 2 aliphatic rings. The van der Waals surface area contributed by atoms with E-state index < -0.39 is 5.41 Å². The highest BCUT2D eigenvalue weighted by Crippen LogP contribution is 2.43. The highest BCUT2D eigenvalue weighted by Gasteiger charge is 2.43. The summed E-state index contributed by atoms with van der Waals surface area (Å²) in [4.78, 5) is 14.3. The molecule has 1 saturated heterocycles. The molecule has 0 unspecified atom stereocenters. The Labute approximate surface area is 159 Å². The van der Waals surface area contributed by atoms with Crippen LogP contribution in [0.25, 0.3) is 0 Å². The van der Waals surface area contributed by atoms with E-state index in [4.69, 9.17) is 11.6 Å². The molecule has 0 spiro atoms. The summed E-state index contributed by atoms with van der Waals surface area (Å²) in [7, 11) is 1.85. The van der Waals surface area contributed by atoms with Crippen LogP contribution in [0.2, 0.25) is 5.02 Å². The van der Waals surface area contributed by atoms with Gasteiger partial charge in [0.25, 0.3) is 0 Å². The third-order valence-corrected chi connectivity index (χ3v) is 6.30. The Bertz CT molecular complexity index is 902. The number of nitrogens with zero attached hydrogens (tertiary/aromatic N) is 1. The molecule has 2 aromatic carbocycles. The van der Waals surface area contributed by atoms with Gasteiger partial charge in [-0.05, 0) is 55.7 Å². The smallest absolute Gasteiger partial charge is 0.236 e. The average Bonchev–Trinajstić information content (AvgIpc) is 2.75. The van der Waals surface area contributed by atoms with Crippen molar-refractivity contribution in [1.29, 1.82) is 0 Å². The Kier molecular flexibility index (Phi) is 3.83. The molecule has 0 bridgehead atoms. The summed E-state index contributed by atoms with van der Waals surface area (Å²) in [5.74, 6) is 0.135. The topological polar surface area (TPSA) is 44.4 Å². The minimum Gasteiger partial charge on any atom is -0.373 e. The van der Waals surface area contributed by atoms with Crippen LogP contribution in [-0.4, -0.2) is 26.0 Å². The third-order valence-electron chi connectivity index (χ3n) is 5.89. The van der Waals surface area contributed by atoms with E-state index in [0.29, 0.717) is 0 Å². The zero-order valence-electron chi connectivity index (χ0n) is 15.6. The number of halogens is 1. The normalized spacial score (nSPS) is 19.9. The summed E-state index contributed by atoms with van der Waals surface area (Å²) in [6.07, 6.45) is 0. The number of hydrogen-bond acceptors (Lipinski definition) is 3. The lowest BCUT2D eigenvalue weighted by Crippen LogP contribution is -2.61. The van der Waals surface area contributed by atoms with Crippen LogP contribution >= 0.6 is 11.6 Å². The third kappa shape index (κ3) is 2.36. The molecule has 2 aliphatic heterocycles. The fraction of sp³-hybridized carbons (Fsp3) is 0.381. The first-order valence-electron chi connectivity index (χ1n) is 8.93. The second kappa shape index (κ2) is 5.73. The van der Waals surface area contributed by atoms with E-state index in [2.05, 4.69) is 41.8 Å². The highest BCUT2D eigenvalue weighted by atomic mass is 35.5. The predicted octanol–water partition coefficient (Wildman–Crippen LogP) is 3.81. The SMILES string of the molecule is Cc1c(Cl)cccc1C1(Nc2ccc3c(c2)N(C)C(=O)C3(C)C)CNC1. The van der Waals surface area contributed by atoms with E-state index in [1.165, 1.54) is 5.56 Å². The molecule has 26 heavy (non-hydrogen) atoms. The second-order valence-electron chi connectivity index (χ2n) is 7.94. The van der Waals surface area contributed by atoms with Gasteiger partial charge in [-0.2, -0.15) is 0 Å². The maximum atomic E-state index is 12.5. The van der Waals surface area contributed by atoms with Crippen LogP contribution in [0.3, 0.4) is 0 Å². The molecule has 2 heterocycles. The molecular formula is C21H24ClN3O. The zero-order chi connectivity index (χ0) is 18.7. The minimum atomic E-state index is -0.470. The fourth-order valence-corrected chi connectivity index (χ4v) is 4.36. The molecule has 0 aromatic heterocycles. The Hall–Kier alpha value is -2.04. The second-order valence-corrected chi connectivity index (χ2v) is 8.35. The Morgan fingerprint density at radius 1 is 1.15 bits per heavy atom. The van der Waals surface area contributed by atoms with Crippen molar-refractivity contribution < 1.29 is 4.79 Å². The summed E-state index contributed by atoms with van der Waals surface area (Å²) in [5, 5.41) is 7.88. The summed E-state index contributed by atoms with van der Waals surface area (Å²) in [5.41, 5.74) is 4.75. The van der Waals surface area contributed by atoms with Crippen LogP contribution in [0.5, 0.6) is 0 Å². The molecule has 0 radical (unpaired) electrons. The molecule has 4 rings (SSSR count). The van der Waals surface area contributed by atoms with Crippen molar-refractivity contribution in [3.8, 4) is 0 Å². The van der Waals surface area contributed by atoms with Gasteiger partial charge in [0.15, 0.2) is 0 Å². The Morgan fingerprint density at radius 3 is 2.54 bits per heavy atom. The van der Waals surface area contributed by atoms with E-state index >= 15 is 0 Å². The maximum absolute atomic E-state index is 12.5. The van der Waals surface area contributed by atoms with E-state index in [9.17, 15) is 4.79 Å². The summed E-state index contributed by atoms with van der Waals surface area (Å²) in [6, 6.07) is 12.3. The minimum absolute atomic E-state index is 0.135. The van der Waals surface area contributed by atoms with Crippen LogP contribution < -0.4 is 15.5 Å². The lowest BCUT2D eigenvalue weighted by molar-refractivity contribution is -0.121. The van der Waals surface area contributed by atoms with Gasteiger partial charge in [0.1, 0.15) is 0 Å². The number of benzene rings is 2. The number of rotatable bonds is 3. The molecule has 0 aliphatic carbocycles. The van der Waals surface area contributed by atoms with Crippen LogP contribution in [0, 0.1) is 6.92 Å². The molecular weight excluding hydrogens is 346 g/mol. The van der Waals surface area contributed by atoms with Gasteiger partial charge in [-0.3, -0.25) is 4.79 Å². The fourth-order valence-electron chi connectivity index (χ4n) is 4.18. The van der Waals surface area contributed by atoms with Gasteiger partial charge in [0.05, 0.1) is 11.0 Å². The van der Waals surface area contributed by atoms with Crippen molar-refractivity contribution in [3.63, 3.8) is 0 Å². The van der Waals surface area contributed by atoms with E-state index in [1.54, 1.807) is 4.90 Å². The highest BCUT2D eigenvalue weighted by molar-refractivity contribution is 6.31. The number of anilines is 2. The summed E-state index contributed by atoms with van der Waals surface area (Å²) >= 11 is 6.35. The predicted molar refractivity (Wildman–Crippen MR) is 107 cm³/mol. The van der Waals surface area contributed by atoms with Crippen molar-refractivity contribution in [3.05, 3.63) is 58.1 Å². The van der Waals surface area contributed by atoms with Gasteiger partial charge in [0.2, 0.25) is 5.91 Å². The zero-order valence-corrected chi connectivity index (χ0v) is 16.4. The van der Waals surface area contributed by atoms with Crippen LogP contribution in [-0.2, 0) is 15.7 Å². The van der Waals surface area contributed by atoms with E-state index in [0.717, 1.165) is 40.6 Å². The van der Waals surface area contributed by atoms with Crippen molar-refractivity contribution in [2.24, 2.45) is 0 Å². The summed E-state index contributed by atoms with van der Waals surface area (Å²) in [6.45, 7) is 7.71. The van der Waals surface area contributed by atoms with Gasteiger partial charge in [0, 0.05) is 36.5 Å². The molecule has 5 heteroatoms. The molecule has 1 amide bonds. The number of nitrogens with one attached hydrogen (secondary N) is 2. The molecule has 2 aromatic rings. The Morgan fingerprint density at radius 2 is 1.88 bits per heavy atom. The monoisotopic (exact) mass is 369 g/mol. The first-order chi connectivity index (χ1) is 12.3. The molecule has 0 saturated carbocycles. The van der Waals surface area contributed by atoms with Crippen LogP contribution in [0.1, 0.15) is 30.5 Å². The molecule has 136 valence electrons. The molecule has 1 fully saturated rings. The van der Waals surface area contributed by atoms with Crippen LogP contribution in [0.15, 0.2) is 36.4 Å². The summed E-state index contributed by atoms with van der Waals surface area (Å²) < 4.78 is 0. The van der Waals surface area contributed by atoms with Crippen molar-refractivity contribution in [2.45, 2.75) is 31.7 Å². The first-order valence-corrected chi connectivity index (χ1v) is 9.31. The number of hydrogen-bond donors (Lipinski definition) is 2. The standard InChI is InChI=1S/C21H24ClN3O/c1-13-15(6-5-7-17(13)22)21(11-23-12-21)24-14-8-9-16-18(10-14)25(4)19(26)20(16,2)3/h5-10,23-24H,11-12H2,1-4H3. The molecule has 2 N–H and O–H groups in total. The number of fused-ring (bicyclic) bond motifs is 1. The largest absolute Gasteiger partial charge is 0.373 e. The number of carbonyl (C=O) groups is 1. The van der Waals surface area contributed by atoms with Gasteiger partial charge in [-0.15, -0.1) is 0 Å². The number of carbonyl (C=O) groups excluding carboxylic acids is 1. The van der Waals surface area contributed by atoms with Crippen molar-refractivity contribution >= 4 is 28.9 Å². The van der Waals surface area contributed by atoms with E-state index in [1.807, 2.05) is 33.0 Å². The lowest BCUT2D eigenvalue weighted by Gasteiger charge is -2.45. The van der Waals surface area contributed by atoms with Crippen molar-refractivity contribution in [1.82, 2.24) is 5.32 Å². The van der Waals surface area contributed by atoms with Gasteiger partial charge in [-0.1, -0.05) is 29.8 Å². The number of amides is 1. The van der Waals surface area contributed by atoms with Gasteiger partial charge in [-0.25, -0.2) is 0 Å². The van der Waals surface area contributed by atoms with Gasteiger partial charge < -0.3 is 15.5 Å². The molecule has 4 nitrogen and oxygen atoms in total. The van der Waals surface area contributed by atoms with Crippen LogP contribution in [0.4, 0.5) is 11.4 Å². The number of likely N-dealkylation sites (N-methyl/N-ethyl adjacent to an activating group) is 1. The quantitative estimate of drug-likeness (QED) is 0.864. The first kappa shape index (κ1) is 17.4. The lowest BCUT2D eigenvalue weighted by atomic mass is 9.81.